The van der Waals surface area contributed by atoms with E-state index in [2.05, 4.69) is 34.6 Å². The minimum Gasteiger partial charge on any atom is -0.462 e. The van der Waals surface area contributed by atoms with E-state index in [0.29, 0.717) is 19.3 Å². The van der Waals surface area contributed by atoms with Crippen LogP contribution in [0.25, 0.3) is 0 Å². The molecular formula is C52H100O6. The first-order valence-corrected chi connectivity index (χ1v) is 25.8. The van der Waals surface area contributed by atoms with Crippen LogP contribution in [0.2, 0.25) is 0 Å². The Labute approximate surface area is 361 Å². The Kier molecular flexibility index (Phi) is 43.7. The van der Waals surface area contributed by atoms with E-state index >= 15 is 0 Å². The normalized spacial score (nSPS) is 12.5. The average molecular weight is 821 g/mol. The Morgan fingerprint density at radius 1 is 0.362 bits per heavy atom. The van der Waals surface area contributed by atoms with E-state index in [1.54, 1.807) is 0 Å². The Morgan fingerprint density at radius 2 is 0.655 bits per heavy atom. The van der Waals surface area contributed by atoms with Gasteiger partial charge < -0.3 is 14.2 Å². The zero-order valence-electron chi connectivity index (χ0n) is 39.7. The number of hydrogen-bond donors (Lipinski definition) is 0. The van der Waals surface area contributed by atoms with Gasteiger partial charge in [-0.15, -0.1) is 0 Å². The van der Waals surface area contributed by atoms with Gasteiger partial charge in [-0.3, -0.25) is 14.4 Å². The Balaban J connectivity index is 4.30. The molecule has 6 nitrogen and oxygen atoms in total. The highest BCUT2D eigenvalue weighted by molar-refractivity contribution is 5.71. The number of esters is 3. The summed E-state index contributed by atoms with van der Waals surface area (Å²) >= 11 is 0. The van der Waals surface area contributed by atoms with Crippen molar-refractivity contribution >= 4 is 17.9 Å². The number of carbonyl (C=O) groups is 3. The molecule has 6 heteroatoms. The van der Waals surface area contributed by atoms with Gasteiger partial charge in [0.1, 0.15) is 13.2 Å². The predicted molar refractivity (Wildman–Crippen MR) is 247 cm³/mol. The molecule has 0 aliphatic heterocycles. The summed E-state index contributed by atoms with van der Waals surface area (Å²) in [6, 6.07) is 0. The molecule has 0 aromatic rings. The lowest BCUT2D eigenvalue weighted by Gasteiger charge is -2.18. The van der Waals surface area contributed by atoms with Gasteiger partial charge in [-0.05, 0) is 31.1 Å². The first kappa shape index (κ1) is 56.4. The lowest BCUT2D eigenvalue weighted by molar-refractivity contribution is -0.167. The minimum absolute atomic E-state index is 0.0639. The predicted octanol–water partition coefficient (Wildman–Crippen LogP) is 16.5. The maximum absolute atomic E-state index is 12.8. The molecule has 58 heavy (non-hydrogen) atoms. The average Bonchev–Trinajstić information content (AvgIpc) is 3.21. The molecule has 0 aromatic heterocycles. The third-order valence-electron chi connectivity index (χ3n) is 12.1. The molecule has 0 fully saturated rings. The Morgan fingerprint density at radius 3 is 0.983 bits per heavy atom. The van der Waals surface area contributed by atoms with Gasteiger partial charge in [0.05, 0.1) is 0 Å². The zero-order chi connectivity index (χ0) is 42.6. The van der Waals surface area contributed by atoms with Crippen LogP contribution in [0, 0.1) is 11.8 Å². The minimum atomic E-state index is -0.761. The van der Waals surface area contributed by atoms with Crippen molar-refractivity contribution < 1.29 is 28.6 Å². The van der Waals surface area contributed by atoms with E-state index in [9.17, 15) is 14.4 Å². The maximum atomic E-state index is 12.8. The third kappa shape index (κ3) is 44.0. The van der Waals surface area contributed by atoms with Gasteiger partial charge in [-0.2, -0.15) is 0 Å². The van der Waals surface area contributed by atoms with Crippen molar-refractivity contribution in [2.45, 2.75) is 291 Å². The van der Waals surface area contributed by atoms with Crippen molar-refractivity contribution in [1.82, 2.24) is 0 Å². The van der Waals surface area contributed by atoms with Crippen molar-refractivity contribution in [3.8, 4) is 0 Å². The molecule has 0 amide bonds. The van der Waals surface area contributed by atoms with Crippen LogP contribution in [0.5, 0.6) is 0 Å². The molecule has 0 spiro atoms. The largest absolute Gasteiger partial charge is 0.462 e. The molecule has 0 heterocycles. The summed E-state index contributed by atoms with van der Waals surface area (Å²) in [6.45, 7) is 11.4. The second-order valence-corrected chi connectivity index (χ2v) is 18.5. The van der Waals surface area contributed by atoms with Crippen LogP contribution in [0.1, 0.15) is 285 Å². The van der Waals surface area contributed by atoms with Gasteiger partial charge in [0.2, 0.25) is 0 Å². The van der Waals surface area contributed by atoms with Gasteiger partial charge in [0, 0.05) is 19.3 Å². The smallest absolute Gasteiger partial charge is 0.306 e. The number of carbonyl (C=O) groups excluding carboxylic acids is 3. The van der Waals surface area contributed by atoms with Crippen molar-refractivity contribution in [2.24, 2.45) is 11.8 Å². The fourth-order valence-electron chi connectivity index (χ4n) is 7.78. The SMILES string of the molecule is CCCCCCCCCCCCCC(=O)OC[C@@H](COC(=O)CCCCCCCCCCC(C)CC)OC(=O)CCCCCCCCCCCCCCCCC(C)C. The summed E-state index contributed by atoms with van der Waals surface area (Å²) in [6.07, 6.45) is 45.1. The van der Waals surface area contributed by atoms with Gasteiger partial charge >= 0.3 is 17.9 Å². The zero-order valence-corrected chi connectivity index (χ0v) is 39.7. The van der Waals surface area contributed by atoms with Crippen LogP contribution in [0.3, 0.4) is 0 Å². The highest BCUT2D eigenvalue weighted by Crippen LogP contribution is 2.18. The van der Waals surface area contributed by atoms with E-state index in [1.807, 2.05) is 0 Å². The topological polar surface area (TPSA) is 78.9 Å². The summed E-state index contributed by atoms with van der Waals surface area (Å²) < 4.78 is 16.8. The highest BCUT2D eigenvalue weighted by Gasteiger charge is 2.19. The first-order valence-electron chi connectivity index (χ1n) is 25.8. The second kappa shape index (κ2) is 44.9. The molecule has 0 aliphatic rings. The van der Waals surface area contributed by atoms with E-state index in [4.69, 9.17) is 14.2 Å². The molecule has 0 radical (unpaired) electrons. The fraction of sp³-hybridized carbons (Fsp3) is 0.942. The fourth-order valence-corrected chi connectivity index (χ4v) is 7.78. The number of ether oxygens (including phenoxy) is 3. The van der Waals surface area contributed by atoms with Crippen molar-refractivity contribution in [3.63, 3.8) is 0 Å². The summed E-state index contributed by atoms with van der Waals surface area (Å²) in [4.78, 5) is 37.9. The molecular weight excluding hydrogens is 721 g/mol. The maximum Gasteiger partial charge on any atom is 0.306 e. The van der Waals surface area contributed by atoms with Crippen molar-refractivity contribution in [3.05, 3.63) is 0 Å². The molecule has 0 rings (SSSR count). The third-order valence-corrected chi connectivity index (χ3v) is 12.1. The van der Waals surface area contributed by atoms with E-state index in [-0.39, 0.29) is 31.1 Å². The molecule has 0 saturated heterocycles. The number of hydrogen-bond acceptors (Lipinski definition) is 6. The van der Waals surface area contributed by atoms with Crippen LogP contribution in [-0.2, 0) is 28.6 Å². The lowest BCUT2D eigenvalue weighted by atomic mass is 9.99. The van der Waals surface area contributed by atoms with Crippen molar-refractivity contribution in [2.75, 3.05) is 13.2 Å². The number of rotatable bonds is 46. The van der Waals surface area contributed by atoms with Crippen LogP contribution >= 0.6 is 0 Å². The van der Waals surface area contributed by atoms with Crippen LogP contribution in [0.4, 0.5) is 0 Å². The molecule has 0 N–H and O–H groups in total. The lowest BCUT2D eigenvalue weighted by Crippen LogP contribution is -2.30. The molecule has 1 unspecified atom stereocenters. The van der Waals surface area contributed by atoms with Gasteiger partial charge in [-0.25, -0.2) is 0 Å². The standard InChI is InChI=1S/C52H100O6/c1-6-8-9-10-11-12-17-21-27-32-37-42-50(53)56-45-49(46-57-51(54)43-38-33-28-24-23-26-31-36-41-48(5)7-2)58-52(55)44-39-34-29-22-19-16-14-13-15-18-20-25-30-35-40-47(3)4/h47-49H,6-46H2,1-5H3/t48?,49-/m0/s1. The van der Waals surface area contributed by atoms with Crippen molar-refractivity contribution in [1.29, 1.82) is 0 Å². The van der Waals surface area contributed by atoms with Gasteiger partial charge in [0.15, 0.2) is 6.10 Å². The van der Waals surface area contributed by atoms with Gasteiger partial charge in [0.25, 0.3) is 0 Å². The molecule has 0 aliphatic carbocycles. The van der Waals surface area contributed by atoms with E-state index in [0.717, 1.165) is 69.6 Å². The van der Waals surface area contributed by atoms with Crippen LogP contribution in [-0.4, -0.2) is 37.2 Å². The molecule has 344 valence electrons. The Bertz CT molecular complexity index is 887. The quantitative estimate of drug-likeness (QED) is 0.0346. The Hall–Kier alpha value is -1.59. The van der Waals surface area contributed by atoms with E-state index < -0.39 is 6.10 Å². The highest BCUT2D eigenvalue weighted by atomic mass is 16.6. The van der Waals surface area contributed by atoms with E-state index in [1.165, 1.54) is 173 Å². The van der Waals surface area contributed by atoms with Gasteiger partial charge in [-0.1, -0.05) is 247 Å². The summed E-state index contributed by atoms with van der Waals surface area (Å²) in [5, 5.41) is 0. The monoisotopic (exact) mass is 821 g/mol. The second-order valence-electron chi connectivity index (χ2n) is 18.5. The van der Waals surface area contributed by atoms with Crippen LogP contribution in [0.15, 0.2) is 0 Å². The molecule has 0 aromatic carbocycles. The first-order chi connectivity index (χ1) is 28.3. The number of unbranched alkanes of at least 4 members (excludes halogenated alkanes) is 30. The van der Waals surface area contributed by atoms with Crippen LogP contribution < -0.4 is 0 Å². The molecule has 0 saturated carbocycles. The summed E-state index contributed by atoms with van der Waals surface area (Å²) in [7, 11) is 0. The molecule has 0 bridgehead atoms. The summed E-state index contributed by atoms with van der Waals surface area (Å²) in [5.74, 6) is 0.841. The molecule has 2 atom stereocenters. The summed E-state index contributed by atoms with van der Waals surface area (Å²) in [5.41, 5.74) is 0.